The second-order valence-corrected chi connectivity index (χ2v) is 7.75. The van der Waals surface area contributed by atoms with E-state index in [1.54, 1.807) is 0 Å². The molecule has 0 spiro atoms. The van der Waals surface area contributed by atoms with E-state index in [1.807, 2.05) is 0 Å². The Morgan fingerprint density at radius 2 is 1.96 bits per heavy atom. The summed E-state index contributed by atoms with van der Waals surface area (Å²) in [6, 6.07) is 8.71. The molecule has 4 nitrogen and oxygen atoms in total. The second kappa shape index (κ2) is 7.42. The van der Waals surface area contributed by atoms with Crippen LogP contribution in [0.2, 0.25) is 0 Å². The van der Waals surface area contributed by atoms with Crippen LogP contribution in [0.15, 0.2) is 24.3 Å². The number of nitrogens with one attached hydrogen (secondary N) is 1. The lowest BCUT2D eigenvalue weighted by molar-refractivity contribution is 0.0453. The Bertz CT molecular complexity index is 523. The van der Waals surface area contributed by atoms with Crippen LogP contribution in [0.25, 0.3) is 0 Å². The molecule has 3 aliphatic heterocycles. The molecule has 2 atom stereocenters. The van der Waals surface area contributed by atoms with Gasteiger partial charge in [-0.3, -0.25) is 4.90 Å². The summed E-state index contributed by atoms with van der Waals surface area (Å²) < 4.78 is 11.8. The summed E-state index contributed by atoms with van der Waals surface area (Å²) in [5.74, 6) is 1.81. The molecule has 0 radical (unpaired) electrons. The van der Waals surface area contributed by atoms with E-state index in [0.29, 0.717) is 0 Å². The molecule has 1 aromatic carbocycles. The number of fused-ring (bicyclic) bond motifs is 2. The zero-order valence-electron chi connectivity index (χ0n) is 14.6. The van der Waals surface area contributed by atoms with Crippen molar-refractivity contribution in [1.29, 1.82) is 0 Å². The fourth-order valence-corrected chi connectivity index (χ4v) is 4.38. The van der Waals surface area contributed by atoms with Gasteiger partial charge in [-0.25, -0.2) is 0 Å². The van der Waals surface area contributed by atoms with Crippen molar-refractivity contribution in [3.05, 3.63) is 29.8 Å². The number of piperidine rings is 1. The number of nitrogens with zero attached hydrogens (tertiary/aromatic N) is 1. The first kappa shape index (κ1) is 16.4. The topological polar surface area (TPSA) is 33.7 Å². The van der Waals surface area contributed by atoms with Crippen LogP contribution < -0.4 is 10.1 Å². The van der Waals surface area contributed by atoms with Gasteiger partial charge in [0.1, 0.15) is 11.4 Å². The standard InChI is InChI=1S/C20H30N2O2/c1-8-20(9-11-22(10-1)16-20)24-19-4-2-17(3-5-19)14-21-15-18-6-12-23-13-7-18/h2-5,18,21H,1,6-16H2. The number of hydrogen-bond donors (Lipinski definition) is 1. The van der Waals surface area contributed by atoms with Gasteiger partial charge in [-0.2, -0.15) is 0 Å². The summed E-state index contributed by atoms with van der Waals surface area (Å²) in [7, 11) is 0. The van der Waals surface area contributed by atoms with Crippen molar-refractivity contribution in [1.82, 2.24) is 10.2 Å². The van der Waals surface area contributed by atoms with Crippen molar-refractivity contribution in [3.8, 4) is 5.75 Å². The van der Waals surface area contributed by atoms with Gasteiger partial charge in [0, 0.05) is 39.3 Å². The van der Waals surface area contributed by atoms with Gasteiger partial charge in [-0.15, -0.1) is 0 Å². The zero-order valence-corrected chi connectivity index (χ0v) is 14.6. The van der Waals surface area contributed by atoms with Gasteiger partial charge < -0.3 is 14.8 Å². The molecule has 2 unspecified atom stereocenters. The van der Waals surface area contributed by atoms with Crippen molar-refractivity contribution in [2.75, 3.05) is 39.4 Å². The first-order chi connectivity index (χ1) is 11.8. The largest absolute Gasteiger partial charge is 0.486 e. The number of hydrogen-bond acceptors (Lipinski definition) is 4. The molecule has 1 N–H and O–H groups in total. The lowest BCUT2D eigenvalue weighted by Gasteiger charge is -2.34. The van der Waals surface area contributed by atoms with Crippen LogP contribution >= 0.6 is 0 Å². The molecule has 0 aromatic heterocycles. The van der Waals surface area contributed by atoms with E-state index in [1.165, 1.54) is 50.8 Å². The predicted molar refractivity (Wildman–Crippen MR) is 95.3 cm³/mol. The third-order valence-electron chi connectivity index (χ3n) is 5.86. The van der Waals surface area contributed by atoms with Gasteiger partial charge >= 0.3 is 0 Å². The molecule has 24 heavy (non-hydrogen) atoms. The average Bonchev–Trinajstić information content (AvgIpc) is 2.91. The van der Waals surface area contributed by atoms with Crippen molar-refractivity contribution in [2.24, 2.45) is 5.92 Å². The molecule has 132 valence electrons. The minimum Gasteiger partial charge on any atom is -0.486 e. The summed E-state index contributed by atoms with van der Waals surface area (Å²) in [5.41, 5.74) is 1.42. The highest BCUT2D eigenvalue weighted by Crippen LogP contribution is 2.35. The van der Waals surface area contributed by atoms with E-state index in [9.17, 15) is 0 Å². The van der Waals surface area contributed by atoms with E-state index < -0.39 is 0 Å². The van der Waals surface area contributed by atoms with Crippen molar-refractivity contribution in [2.45, 2.75) is 44.2 Å². The molecule has 3 saturated heterocycles. The van der Waals surface area contributed by atoms with Gasteiger partial charge in [0.2, 0.25) is 0 Å². The Morgan fingerprint density at radius 1 is 1.12 bits per heavy atom. The molecule has 0 amide bonds. The van der Waals surface area contributed by atoms with E-state index in [4.69, 9.17) is 9.47 Å². The molecule has 3 aliphatic rings. The maximum Gasteiger partial charge on any atom is 0.123 e. The molecule has 4 rings (SSSR count). The maximum absolute atomic E-state index is 6.41. The third-order valence-corrected chi connectivity index (χ3v) is 5.86. The van der Waals surface area contributed by atoms with Crippen LogP contribution in [0.3, 0.4) is 0 Å². The first-order valence-corrected chi connectivity index (χ1v) is 9.60. The lowest BCUT2D eigenvalue weighted by Crippen LogP contribution is -2.43. The summed E-state index contributed by atoms with van der Waals surface area (Å²) >= 11 is 0. The monoisotopic (exact) mass is 330 g/mol. The Labute approximate surface area is 145 Å². The molecule has 3 fully saturated rings. The van der Waals surface area contributed by atoms with Crippen LogP contribution in [0, 0.1) is 5.92 Å². The fraction of sp³-hybridized carbons (Fsp3) is 0.700. The number of ether oxygens (including phenoxy) is 2. The summed E-state index contributed by atoms with van der Waals surface area (Å²) in [5, 5.41) is 3.59. The summed E-state index contributed by atoms with van der Waals surface area (Å²) in [6.45, 7) is 7.46. The number of benzene rings is 1. The first-order valence-electron chi connectivity index (χ1n) is 9.60. The minimum absolute atomic E-state index is 0.0844. The Morgan fingerprint density at radius 3 is 2.79 bits per heavy atom. The van der Waals surface area contributed by atoms with Crippen LogP contribution in [0.5, 0.6) is 5.75 Å². The maximum atomic E-state index is 6.41. The van der Waals surface area contributed by atoms with Crippen molar-refractivity contribution in [3.63, 3.8) is 0 Å². The Hall–Kier alpha value is -1.10. The SMILES string of the molecule is c1cc(OC23CCCN(CC2)C3)ccc1CNCC1CCOCC1. The highest BCUT2D eigenvalue weighted by atomic mass is 16.5. The second-order valence-electron chi connectivity index (χ2n) is 7.75. The highest BCUT2D eigenvalue weighted by molar-refractivity contribution is 5.28. The lowest BCUT2D eigenvalue weighted by atomic mass is 9.94. The Kier molecular flexibility index (Phi) is 5.06. The average molecular weight is 330 g/mol. The predicted octanol–water partition coefficient (Wildman–Crippen LogP) is 2.82. The Balaban J connectivity index is 1.25. The quantitative estimate of drug-likeness (QED) is 0.870. The smallest absolute Gasteiger partial charge is 0.123 e. The minimum atomic E-state index is 0.0844. The molecule has 0 aliphatic carbocycles. The van der Waals surface area contributed by atoms with Crippen LogP contribution in [-0.2, 0) is 11.3 Å². The normalized spacial score (nSPS) is 30.4. The van der Waals surface area contributed by atoms with Crippen molar-refractivity contribution < 1.29 is 9.47 Å². The highest BCUT2D eigenvalue weighted by Gasteiger charge is 2.42. The van der Waals surface area contributed by atoms with Crippen LogP contribution in [0.1, 0.15) is 37.7 Å². The van der Waals surface area contributed by atoms with Crippen molar-refractivity contribution >= 4 is 0 Å². The molecule has 0 saturated carbocycles. The molecular formula is C20H30N2O2. The molecule has 2 bridgehead atoms. The van der Waals surface area contributed by atoms with E-state index in [-0.39, 0.29) is 5.60 Å². The molecule has 1 aromatic rings. The van der Waals surface area contributed by atoms with Crippen LogP contribution in [-0.4, -0.2) is 49.9 Å². The molecular weight excluding hydrogens is 300 g/mol. The van der Waals surface area contributed by atoms with Gasteiger partial charge in [-0.1, -0.05) is 12.1 Å². The van der Waals surface area contributed by atoms with Crippen LogP contribution in [0.4, 0.5) is 0 Å². The fourth-order valence-electron chi connectivity index (χ4n) is 4.38. The molecule has 3 heterocycles. The van der Waals surface area contributed by atoms with E-state index >= 15 is 0 Å². The zero-order chi connectivity index (χ0) is 16.2. The summed E-state index contributed by atoms with van der Waals surface area (Å²) in [6.07, 6.45) is 6.05. The summed E-state index contributed by atoms with van der Waals surface area (Å²) in [4.78, 5) is 2.54. The van der Waals surface area contributed by atoms with E-state index in [2.05, 4.69) is 34.5 Å². The van der Waals surface area contributed by atoms with Gasteiger partial charge in [-0.05, 0) is 62.4 Å². The van der Waals surface area contributed by atoms with Gasteiger partial charge in [0.25, 0.3) is 0 Å². The van der Waals surface area contributed by atoms with Gasteiger partial charge in [0.15, 0.2) is 0 Å². The van der Waals surface area contributed by atoms with E-state index in [0.717, 1.165) is 44.5 Å². The number of rotatable bonds is 6. The third kappa shape index (κ3) is 3.93. The van der Waals surface area contributed by atoms with Gasteiger partial charge in [0.05, 0.1) is 0 Å². The molecule has 4 heteroatoms.